The van der Waals surface area contributed by atoms with E-state index in [-0.39, 0.29) is 19.1 Å². The van der Waals surface area contributed by atoms with E-state index in [9.17, 15) is 18.0 Å². The fourth-order valence-corrected chi connectivity index (χ4v) is 4.70. The molecule has 0 spiro atoms. The maximum Gasteiger partial charge on any atom is 0.471 e. The van der Waals surface area contributed by atoms with Gasteiger partial charge in [-0.05, 0) is 61.2 Å². The van der Waals surface area contributed by atoms with Crippen LogP contribution in [0.4, 0.5) is 13.2 Å². The lowest BCUT2D eigenvalue weighted by Gasteiger charge is -2.29. The van der Waals surface area contributed by atoms with Crippen molar-refractivity contribution in [1.82, 2.24) is 39.9 Å². The van der Waals surface area contributed by atoms with Crippen molar-refractivity contribution in [2.45, 2.75) is 39.0 Å². The molecule has 9 nitrogen and oxygen atoms in total. The Morgan fingerprint density at radius 2 is 1.89 bits per heavy atom. The minimum absolute atomic E-state index is 0.0324. The number of amides is 1. The van der Waals surface area contributed by atoms with E-state index in [2.05, 4.69) is 39.5 Å². The van der Waals surface area contributed by atoms with E-state index in [1.165, 1.54) is 0 Å². The number of nitrogens with zero attached hydrogens (tertiary/aromatic N) is 7. The van der Waals surface area contributed by atoms with Crippen LogP contribution in [0.1, 0.15) is 31.0 Å². The molecule has 4 heterocycles. The van der Waals surface area contributed by atoms with Gasteiger partial charge in [-0.2, -0.15) is 23.4 Å². The van der Waals surface area contributed by atoms with Crippen molar-refractivity contribution in [3.05, 3.63) is 66.1 Å². The second-order valence-corrected chi connectivity index (χ2v) is 9.61. The Morgan fingerprint density at radius 3 is 2.66 bits per heavy atom. The molecule has 1 aliphatic heterocycles. The van der Waals surface area contributed by atoms with Crippen molar-refractivity contribution in [2.75, 3.05) is 6.54 Å². The van der Waals surface area contributed by atoms with E-state index >= 15 is 0 Å². The number of rotatable bonds is 4. The number of hydrogen-bond acceptors (Lipinski definition) is 5. The second-order valence-electron chi connectivity index (χ2n) is 9.61. The summed E-state index contributed by atoms with van der Waals surface area (Å²) in [6, 6.07) is 11.7. The quantitative estimate of drug-likeness (QED) is 0.371. The van der Waals surface area contributed by atoms with E-state index in [0.717, 1.165) is 32.5 Å². The lowest BCUT2D eigenvalue weighted by Crippen LogP contribution is -2.43. The molecule has 0 aliphatic carbocycles. The third-order valence-corrected chi connectivity index (χ3v) is 6.76. The van der Waals surface area contributed by atoms with Gasteiger partial charge in [0.15, 0.2) is 0 Å². The van der Waals surface area contributed by atoms with Gasteiger partial charge in [0.1, 0.15) is 11.4 Å². The molecule has 0 bridgehead atoms. The van der Waals surface area contributed by atoms with Crippen LogP contribution in [0, 0.1) is 0 Å². The molecule has 0 atom stereocenters. The maximum absolute atomic E-state index is 12.9. The van der Waals surface area contributed by atoms with Gasteiger partial charge in [0, 0.05) is 36.3 Å². The highest BCUT2D eigenvalue weighted by Gasteiger charge is 2.43. The summed E-state index contributed by atoms with van der Waals surface area (Å²) in [6.07, 6.45) is 1.02. The number of hydrogen-bond donors (Lipinski definition) is 1. The Morgan fingerprint density at radius 1 is 1.05 bits per heavy atom. The molecule has 12 heteroatoms. The van der Waals surface area contributed by atoms with Crippen LogP contribution in [0.15, 0.2) is 55.0 Å². The fraction of sp³-hybridized carbons (Fsp3) is 0.269. The molecular formula is C26H23F3N8O. The molecule has 0 saturated heterocycles. The first kappa shape index (κ1) is 23.9. The molecule has 0 fully saturated rings. The van der Waals surface area contributed by atoms with E-state index in [4.69, 9.17) is 0 Å². The van der Waals surface area contributed by atoms with Gasteiger partial charge in [-0.15, -0.1) is 5.10 Å². The Kier molecular flexibility index (Phi) is 5.55. The van der Waals surface area contributed by atoms with Gasteiger partial charge in [0.2, 0.25) is 0 Å². The molecule has 1 amide bonds. The van der Waals surface area contributed by atoms with E-state index in [0.29, 0.717) is 29.1 Å². The van der Waals surface area contributed by atoms with Gasteiger partial charge < -0.3 is 4.90 Å². The summed E-state index contributed by atoms with van der Waals surface area (Å²) < 4.78 is 42.2. The molecule has 0 radical (unpaired) electrons. The lowest BCUT2D eigenvalue weighted by molar-refractivity contribution is -0.186. The number of alkyl halides is 3. The van der Waals surface area contributed by atoms with Crippen LogP contribution < -0.4 is 0 Å². The predicted molar refractivity (Wildman–Crippen MR) is 133 cm³/mol. The molecular weight excluding hydrogens is 497 g/mol. The molecule has 2 aromatic carbocycles. The van der Waals surface area contributed by atoms with Crippen molar-refractivity contribution in [3.63, 3.8) is 0 Å². The number of benzene rings is 2. The summed E-state index contributed by atoms with van der Waals surface area (Å²) >= 11 is 0. The van der Waals surface area contributed by atoms with Crippen molar-refractivity contribution < 1.29 is 18.0 Å². The second kappa shape index (κ2) is 8.82. The summed E-state index contributed by atoms with van der Waals surface area (Å²) in [4.78, 5) is 12.6. The van der Waals surface area contributed by atoms with Gasteiger partial charge in [-0.3, -0.25) is 14.6 Å². The number of fused-ring (bicyclic) bond motifs is 2. The van der Waals surface area contributed by atoms with Crippen LogP contribution in [-0.4, -0.2) is 58.5 Å². The number of carbonyl (C=O) groups excluding carboxylic acids is 1. The van der Waals surface area contributed by atoms with Crippen molar-refractivity contribution in [2.24, 2.45) is 0 Å². The Labute approximate surface area is 214 Å². The number of aromatic amines is 1. The minimum Gasteiger partial charge on any atom is -0.330 e. The van der Waals surface area contributed by atoms with E-state index in [1.807, 2.05) is 47.4 Å². The molecule has 1 aliphatic rings. The fourth-order valence-electron chi connectivity index (χ4n) is 4.70. The SMILES string of the molecule is CC(C)n1cc(-c2ccc3[nH]nc(-c4cn(-c5ccc6c(c5)CN(C(=O)C(F)(F)F)CC6)nn4)c3c2)cn1. The van der Waals surface area contributed by atoms with Crippen molar-refractivity contribution in [1.29, 1.82) is 0 Å². The highest BCUT2D eigenvalue weighted by Crippen LogP contribution is 2.31. The van der Waals surface area contributed by atoms with Gasteiger partial charge >= 0.3 is 12.1 Å². The standard InChI is InChI=1S/C26H23F3N8O/c1-15(2)36-13-19(11-30-36)17-4-6-22-21(10-17)24(33-31-22)23-14-37(34-32-23)20-5-3-16-7-8-35(12-18(16)9-20)25(38)26(27,28)29/h3-6,9-11,13-15H,7-8,12H2,1-2H3,(H,31,33). The Hall–Kier alpha value is -4.48. The van der Waals surface area contributed by atoms with Crippen LogP contribution in [-0.2, 0) is 17.8 Å². The molecule has 6 rings (SSSR count). The summed E-state index contributed by atoms with van der Waals surface area (Å²) in [5.74, 6) is -1.82. The molecule has 1 N–H and O–H groups in total. The van der Waals surface area contributed by atoms with Crippen LogP contribution in [0.25, 0.3) is 39.1 Å². The summed E-state index contributed by atoms with van der Waals surface area (Å²) in [7, 11) is 0. The van der Waals surface area contributed by atoms with Gasteiger partial charge in [-0.1, -0.05) is 17.3 Å². The molecule has 0 saturated carbocycles. The van der Waals surface area contributed by atoms with Gasteiger partial charge in [-0.25, -0.2) is 4.68 Å². The molecule has 0 unspecified atom stereocenters. The number of H-pyrrole nitrogens is 1. The van der Waals surface area contributed by atoms with Gasteiger partial charge in [0.05, 0.1) is 23.6 Å². The lowest BCUT2D eigenvalue weighted by atomic mass is 9.99. The molecule has 5 aromatic rings. The predicted octanol–water partition coefficient (Wildman–Crippen LogP) is 4.70. The summed E-state index contributed by atoms with van der Waals surface area (Å²) in [5.41, 5.74) is 6.19. The van der Waals surface area contributed by atoms with E-state index < -0.39 is 12.1 Å². The van der Waals surface area contributed by atoms with Crippen LogP contribution in [0.3, 0.4) is 0 Å². The molecule has 194 valence electrons. The smallest absolute Gasteiger partial charge is 0.330 e. The highest BCUT2D eigenvalue weighted by molar-refractivity contribution is 5.94. The average molecular weight is 521 g/mol. The first-order valence-corrected chi connectivity index (χ1v) is 12.1. The minimum atomic E-state index is -4.89. The summed E-state index contributed by atoms with van der Waals surface area (Å²) in [5, 5.41) is 21.3. The van der Waals surface area contributed by atoms with Crippen molar-refractivity contribution in [3.8, 4) is 28.2 Å². The molecule has 3 aromatic heterocycles. The zero-order valence-electron chi connectivity index (χ0n) is 20.6. The van der Waals surface area contributed by atoms with Crippen LogP contribution in [0.2, 0.25) is 0 Å². The van der Waals surface area contributed by atoms with E-state index in [1.54, 1.807) is 16.9 Å². The van der Waals surface area contributed by atoms with Crippen molar-refractivity contribution >= 4 is 16.8 Å². The third-order valence-electron chi connectivity index (χ3n) is 6.76. The third kappa shape index (κ3) is 4.21. The average Bonchev–Trinajstić information content (AvgIpc) is 3.66. The van der Waals surface area contributed by atoms with Crippen LogP contribution >= 0.6 is 0 Å². The number of halogens is 3. The largest absolute Gasteiger partial charge is 0.471 e. The Bertz CT molecular complexity index is 1660. The van der Waals surface area contributed by atoms with Crippen LogP contribution in [0.5, 0.6) is 0 Å². The topological polar surface area (TPSA) is 97.5 Å². The maximum atomic E-state index is 12.9. The zero-order valence-corrected chi connectivity index (χ0v) is 20.6. The van der Waals surface area contributed by atoms with Gasteiger partial charge in [0.25, 0.3) is 0 Å². The zero-order chi connectivity index (χ0) is 26.6. The number of aromatic nitrogens is 7. The first-order valence-electron chi connectivity index (χ1n) is 12.1. The monoisotopic (exact) mass is 520 g/mol. The number of nitrogens with one attached hydrogen (secondary N) is 1. The normalized spacial score (nSPS) is 13.9. The first-order chi connectivity index (χ1) is 18.2. The highest BCUT2D eigenvalue weighted by atomic mass is 19.4. The molecule has 38 heavy (non-hydrogen) atoms. The number of carbonyl (C=O) groups is 1. The Balaban J connectivity index is 1.30. The summed E-state index contributed by atoms with van der Waals surface area (Å²) in [6.45, 7) is 4.06.